The van der Waals surface area contributed by atoms with E-state index in [1.165, 1.54) is 0 Å². The summed E-state index contributed by atoms with van der Waals surface area (Å²) >= 11 is 0. The SMILES string of the molecule is CO[C@@H]([C@H](C)C(=O)O)N1CCCC1. The van der Waals surface area contributed by atoms with E-state index in [2.05, 4.69) is 4.90 Å². The molecule has 1 rings (SSSR count). The van der Waals surface area contributed by atoms with E-state index in [-0.39, 0.29) is 6.23 Å². The first-order valence-electron chi connectivity index (χ1n) is 4.66. The Morgan fingerprint density at radius 3 is 2.38 bits per heavy atom. The summed E-state index contributed by atoms with van der Waals surface area (Å²) < 4.78 is 5.20. The molecule has 0 aromatic heterocycles. The molecule has 1 fully saturated rings. The van der Waals surface area contributed by atoms with Crippen molar-refractivity contribution in [3.63, 3.8) is 0 Å². The predicted octanol–water partition coefficient (Wildman–Crippen LogP) is 0.775. The smallest absolute Gasteiger partial charge is 0.310 e. The van der Waals surface area contributed by atoms with Gasteiger partial charge in [-0.25, -0.2) is 0 Å². The largest absolute Gasteiger partial charge is 0.481 e. The summed E-state index contributed by atoms with van der Waals surface area (Å²) in [5.74, 6) is -1.25. The number of likely N-dealkylation sites (tertiary alicyclic amines) is 1. The van der Waals surface area contributed by atoms with Gasteiger partial charge >= 0.3 is 5.97 Å². The first-order valence-corrected chi connectivity index (χ1v) is 4.66. The van der Waals surface area contributed by atoms with Gasteiger partial charge in [-0.15, -0.1) is 0 Å². The van der Waals surface area contributed by atoms with Crippen molar-refractivity contribution in [3.8, 4) is 0 Å². The zero-order chi connectivity index (χ0) is 9.84. The number of rotatable bonds is 4. The fourth-order valence-corrected chi connectivity index (χ4v) is 1.79. The third-order valence-electron chi connectivity index (χ3n) is 2.56. The van der Waals surface area contributed by atoms with Gasteiger partial charge in [0.25, 0.3) is 0 Å². The molecule has 1 aliphatic rings. The van der Waals surface area contributed by atoms with E-state index >= 15 is 0 Å². The van der Waals surface area contributed by atoms with Gasteiger partial charge in [0.05, 0.1) is 5.92 Å². The highest BCUT2D eigenvalue weighted by Crippen LogP contribution is 2.18. The van der Waals surface area contributed by atoms with Gasteiger partial charge in [0, 0.05) is 20.2 Å². The number of hydrogen-bond acceptors (Lipinski definition) is 3. The van der Waals surface area contributed by atoms with Gasteiger partial charge < -0.3 is 9.84 Å². The van der Waals surface area contributed by atoms with Crippen molar-refractivity contribution in [1.82, 2.24) is 4.90 Å². The number of methoxy groups -OCH3 is 1. The summed E-state index contributed by atoms with van der Waals surface area (Å²) in [6.07, 6.45) is 2.03. The minimum Gasteiger partial charge on any atom is -0.481 e. The van der Waals surface area contributed by atoms with Gasteiger partial charge in [-0.1, -0.05) is 0 Å². The number of carbonyl (C=O) groups is 1. The Balaban J connectivity index is 2.54. The van der Waals surface area contributed by atoms with Crippen LogP contribution >= 0.6 is 0 Å². The second-order valence-corrected chi connectivity index (χ2v) is 3.50. The van der Waals surface area contributed by atoms with Crippen molar-refractivity contribution in [1.29, 1.82) is 0 Å². The first kappa shape index (κ1) is 10.5. The van der Waals surface area contributed by atoms with Gasteiger partial charge in [-0.3, -0.25) is 9.69 Å². The van der Waals surface area contributed by atoms with Gasteiger partial charge in [0.1, 0.15) is 6.23 Å². The Morgan fingerprint density at radius 2 is 2.00 bits per heavy atom. The number of carboxylic acids is 1. The van der Waals surface area contributed by atoms with Gasteiger partial charge in [0.15, 0.2) is 0 Å². The fourth-order valence-electron chi connectivity index (χ4n) is 1.79. The molecule has 2 atom stereocenters. The molecule has 4 heteroatoms. The average molecular weight is 187 g/mol. The summed E-state index contributed by atoms with van der Waals surface area (Å²) in [6.45, 7) is 3.60. The minimum atomic E-state index is -0.793. The van der Waals surface area contributed by atoms with E-state index in [9.17, 15) is 4.79 Å². The van der Waals surface area contributed by atoms with Crippen LogP contribution in [0.25, 0.3) is 0 Å². The minimum absolute atomic E-state index is 0.264. The van der Waals surface area contributed by atoms with Gasteiger partial charge in [0.2, 0.25) is 0 Å². The molecule has 0 aromatic carbocycles. The molecular weight excluding hydrogens is 170 g/mol. The van der Waals surface area contributed by atoms with Crippen LogP contribution in [0.15, 0.2) is 0 Å². The van der Waals surface area contributed by atoms with E-state index in [0.29, 0.717) is 0 Å². The predicted molar refractivity (Wildman–Crippen MR) is 48.4 cm³/mol. The van der Waals surface area contributed by atoms with Crippen molar-refractivity contribution in [2.75, 3.05) is 20.2 Å². The Morgan fingerprint density at radius 1 is 1.46 bits per heavy atom. The third-order valence-corrected chi connectivity index (χ3v) is 2.56. The molecule has 4 nitrogen and oxygen atoms in total. The van der Waals surface area contributed by atoms with Crippen molar-refractivity contribution in [2.45, 2.75) is 26.0 Å². The molecule has 0 saturated carbocycles. The zero-order valence-corrected chi connectivity index (χ0v) is 8.19. The number of aliphatic carboxylic acids is 1. The monoisotopic (exact) mass is 187 g/mol. The highest BCUT2D eigenvalue weighted by atomic mass is 16.5. The molecule has 76 valence electrons. The Labute approximate surface area is 78.5 Å². The summed E-state index contributed by atoms with van der Waals surface area (Å²) in [4.78, 5) is 12.8. The molecule has 0 bridgehead atoms. The summed E-state index contributed by atoms with van der Waals surface area (Å²) in [6, 6.07) is 0. The van der Waals surface area contributed by atoms with Crippen LogP contribution in [0.4, 0.5) is 0 Å². The van der Waals surface area contributed by atoms with Gasteiger partial charge in [-0.05, 0) is 19.8 Å². The van der Waals surface area contributed by atoms with Crippen molar-refractivity contribution in [2.24, 2.45) is 5.92 Å². The summed E-state index contributed by atoms with van der Waals surface area (Å²) in [5.41, 5.74) is 0. The number of carboxylic acid groups (broad SMARTS) is 1. The van der Waals surface area contributed by atoms with Crippen LogP contribution in [-0.4, -0.2) is 42.4 Å². The van der Waals surface area contributed by atoms with Crippen LogP contribution in [-0.2, 0) is 9.53 Å². The molecule has 1 heterocycles. The lowest BCUT2D eigenvalue weighted by Crippen LogP contribution is -2.42. The standard InChI is InChI=1S/C9H17NO3/c1-7(9(11)12)8(13-2)10-5-3-4-6-10/h7-8H,3-6H2,1-2H3,(H,11,12)/t7-,8-/m0/s1. The van der Waals surface area contributed by atoms with E-state index in [0.717, 1.165) is 25.9 Å². The van der Waals surface area contributed by atoms with Crippen LogP contribution in [0.2, 0.25) is 0 Å². The molecule has 1 saturated heterocycles. The van der Waals surface area contributed by atoms with Crippen LogP contribution < -0.4 is 0 Å². The molecule has 0 radical (unpaired) electrons. The molecule has 0 aromatic rings. The summed E-state index contributed by atoms with van der Waals surface area (Å²) in [5, 5.41) is 8.84. The average Bonchev–Trinajstić information content (AvgIpc) is 2.58. The highest BCUT2D eigenvalue weighted by Gasteiger charge is 2.30. The lowest BCUT2D eigenvalue weighted by Gasteiger charge is -2.28. The van der Waals surface area contributed by atoms with E-state index < -0.39 is 11.9 Å². The quantitative estimate of drug-likeness (QED) is 0.706. The maximum atomic E-state index is 10.7. The molecule has 13 heavy (non-hydrogen) atoms. The molecule has 1 aliphatic heterocycles. The van der Waals surface area contributed by atoms with Crippen LogP contribution in [0.1, 0.15) is 19.8 Å². The molecule has 0 unspecified atom stereocenters. The molecule has 0 spiro atoms. The van der Waals surface area contributed by atoms with Crippen LogP contribution in [0.5, 0.6) is 0 Å². The van der Waals surface area contributed by atoms with Crippen LogP contribution in [0, 0.1) is 5.92 Å². The number of ether oxygens (including phenoxy) is 1. The lowest BCUT2D eigenvalue weighted by atomic mass is 10.1. The van der Waals surface area contributed by atoms with E-state index in [1.807, 2.05) is 0 Å². The lowest BCUT2D eigenvalue weighted by molar-refractivity contribution is -0.152. The Bertz CT molecular complexity index is 178. The fraction of sp³-hybridized carbons (Fsp3) is 0.889. The molecule has 0 amide bonds. The van der Waals surface area contributed by atoms with Crippen molar-refractivity contribution >= 4 is 5.97 Å². The zero-order valence-electron chi connectivity index (χ0n) is 8.19. The maximum Gasteiger partial charge on any atom is 0.310 e. The van der Waals surface area contributed by atoms with E-state index in [4.69, 9.17) is 9.84 Å². The Hall–Kier alpha value is -0.610. The van der Waals surface area contributed by atoms with Crippen molar-refractivity contribution < 1.29 is 14.6 Å². The normalized spacial score (nSPS) is 22.9. The van der Waals surface area contributed by atoms with E-state index in [1.54, 1.807) is 14.0 Å². The first-order chi connectivity index (χ1) is 6.16. The second kappa shape index (κ2) is 4.58. The summed E-state index contributed by atoms with van der Waals surface area (Å²) in [7, 11) is 1.57. The Kier molecular flexibility index (Phi) is 3.69. The second-order valence-electron chi connectivity index (χ2n) is 3.50. The highest BCUT2D eigenvalue weighted by molar-refractivity contribution is 5.70. The molecule has 1 N–H and O–H groups in total. The van der Waals surface area contributed by atoms with Crippen LogP contribution in [0.3, 0.4) is 0 Å². The van der Waals surface area contributed by atoms with Gasteiger partial charge in [-0.2, -0.15) is 0 Å². The number of hydrogen-bond donors (Lipinski definition) is 1. The molecular formula is C9H17NO3. The number of nitrogens with zero attached hydrogens (tertiary/aromatic N) is 1. The van der Waals surface area contributed by atoms with Crippen molar-refractivity contribution in [3.05, 3.63) is 0 Å². The maximum absolute atomic E-state index is 10.7. The topological polar surface area (TPSA) is 49.8 Å². The molecule has 0 aliphatic carbocycles. The third kappa shape index (κ3) is 2.42.